The summed E-state index contributed by atoms with van der Waals surface area (Å²) in [6.45, 7) is 0. The van der Waals surface area contributed by atoms with Crippen LogP contribution in [-0.2, 0) is 6.42 Å². The molecule has 1 heterocycles. The van der Waals surface area contributed by atoms with Crippen LogP contribution < -0.4 is 0 Å². The van der Waals surface area contributed by atoms with Crippen LogP contribution in [0.1, 0.15) is 30.2 Å². The molecule has 1 aromatic carbocycles. The van der Waals surface area contributed by atoms with Crippen LogP contribution >= 0.6 is 11.6 Å². The zero-order chi connectivity index (χ0) is 11.8. The number of nitrogens with one attached hydrogen (secondary N) is 1. The van der Waals surface area contributed by atoms with E-state index < -0.39 is 6.10 Å². The molecule has 0 fully saturated rings. The molecule has 88 valence electrons. The molecule has 1 aliphatic rings. The minimum absolute atomic E-state index is 0.400. The van der Waals surface area contributed by atoms with E-state index in [1.807, 2.05) is 24.3 Å². The van der Waals surface area contributed by atoms with Gasteiger partial charge in [-0.3, -0.25) is 5.10 Å². The first-order valence-corrected chi connectivity index (χ1v) is 6.14. The third-order valence-corrected chi connectivity index (χ3v) is 3.49. The summed E-state index contributed by atoms with van der Waals surface area (Å²) in [4.78, 5) is 0. The van der Waals surface area contributed by atoms with Gasteiger partial charge in [-0.2, -0.15) is 5.10 Å². The van der Waals surface area contributed by atoms with Crippen molar-refractivity contribution >= 4 is 11.6 Å². The molecule has 3 rings (SSSR count). The minimum atomic E-state index is -0.400. The SMILES string of the molecule is OC1CCCc2[nH]nc(-c3ccc(Cl)cc3)c21. The molecule has 2 aromatic rings. The number of aryl methyl sites for hydroxylation is 1. The van der Waals surface area contributed by atoms with Crippen molar-refractivity contribution in [2.45, 2.75) is 25.4 Å². The molecule has 1 aliphatic carbocycles. The van der Waals surface area contributed by atoms with Gasteiger partial charge in [0.1, 0.15) is 0 Å². The second kappa shape index (κ2) is 4.17. The molecule has 0 radical (unpaired) electrons. The summed E-state index contributed by atoms with van der Waals surface area (Å²) in [7, 11) is 0. The third kappa shape index (κ3) is 1.85. The molecule has 1 atom stereocenters. The van der Waals surface area contributed by atoms with Crippen LogP contribution in [0.3, 0.4) is 0 Å². The van der Waals surface area contributed by atoms with Crippen LogP contribution in [0, 0.1) is 0 Å². The molecule has 4 heteroatoms. The average Bonchev–Trinajstić information content (AvgIpc) is 2.75. The topological polar surface area (TPSA) is 48.9 Å². The number of benzene rings is 1. The Morgan fingerprint density at radius 3 is 2.82 bits per heavy atom. The number of fused-ring (bicyclic) bond motifs is 1. The minimum Gasteiger partial charge on any atom is -0.388 e. The zero-order valence-electron chi connectivity index (χ0n) is 9.28. The predicted octanol–water partition coefficient (Wildman–Crippen LogP) is 3.10. The van der Waals surface area contributed by atoms with Crippen molar-refractivity contribution in [1.82, 2.24) is 10.2 Å². The van der Waals surface area contributed by atoms with Gasteiger partial charge < -0.3 is 5.11 Å². The molecule has 0 bridgehead atoms. The van der Waals surface area contributed by atoms with E-state index >= 15 is 0 Å². The second-order valence-electron chi connectivity index (χ2n) is 4.38. The van der Waals surface area contributed by atoms with Gasteiger partial charge in [0.2, 0.25) is 0 Å². The lowest BCUT2D eigenvalue weighted by molar-refractivity contribution is 0.157. The number of hydrogen-bond donors (Lipinski definition) is 2. The number of hydrogen-bond acceptors (Lipinski definition) is 2. The summed E-state index contributed by atoms with van der Waals surface area (Å²) >= 11 is 5.87. The van der Waals surface area contributed by atoms with Crippen LogP contribution in [0.5, 0.6) is 0 Å². The molecule has 1 aromatic heterocycles. The lowest BCUT2D eigenvalue weighted by atomic mass is 9.91. The maximum atomic E-state index is 10.1. The summed E-state index contributed by atoms with van der Waals surface area (Å²) in [5.74, 6) is 0. The van der Waals surface area contributed by atoms with Gasteiger partial charge in [-0.1, -0.05) is 23.7 Å². The summed E-state index contributed by atoms with van der Waals surface area (Å²) in [5, 5.41) is 18.1. The molecule has 0 saturated carbocycles. The van der Waals surface area contributed by atoms with Crippen LogP contribution in [0.15, 0.2) is 24.3 Å². The van der Waals surface area contributed by atoms with Crippen LogP contribution in [0.2, 0.25) is 5.02 Å². The molecule has 2 N–H and O–H groups in total. The quantitative estimate of drug-likeness (QED) is 0.815. The van der Waals surface area contributed by atoms with Crippen molar-refractivity contribution < 1.29 is 5.11 Å². The van der Waals surface area contributed by atoms with Crippen LogP contribution in [0.4, 0.5) is 0 Å². The first kappa shape index (κ1) is 10.8. The average molecular weight is 249 g/mol. The Morgan fingerprint density at radius 2 is 2.06 bits per heavy atom. The Balaban J connectivity index is 2.09. The number of aliphatic hydroxyl groups is 1. The third-order valence-electron chi connectivity index (χ3n) is 3.24. The monoisotopic (exact) mass is 248 g/mol. The summed E-state index contributed by atoms with van der Waals surface area (Å²) < 4.78 is 0. The van der Waals surface area contributed by atoms with Crippen LogP contribution in [0.25, 0.3) is 11.3 Å². The van der Waals surface area contributed by atoms with Crippen molar-refractivity contribution in [2.75, 3.05) is 0 Å². The van der Waals surface area contributed by atoms with Crippen molar-refractivity contribution in [3.05, 3.63) is 40.5 Å². The second-order valence-corrected chi connectivity index (χ2v) is 4.82. The van der Waals surface area contributed by atoms with E-state index in [0.717, 1.165) is 41.8 Å². The smallest absolute Gasteiger partial charge is 0.0981 e. The maximum absolute atomic E-state index is 10.1. The highest BCUT2D eigenvalue weighted by Gasteiger charge is 2.24. The Labute approximate surface area is 104 Å². The van der Waals surface area contributed by atoms with Gasteiger partial charge >= 0.3 is 0 Å². The first-order valence-electron chi connectivity index (χ1n) is 5.77. The number of rotatable bonds is 1. The molecule has 0 spiro atoms. The summed E-state index contributed by atoms with van der Waals surface area (Å²) in [6, 6.07) is 7.54. The van der Waals surface area contributed by atoms with Crippen molar-refractivity contribution in [1.29, 1.82) is 0 Å². The fraction of sp³-hybridized carbons (Fsp3) is 0.308. The Hall–Kier alpha value is -1.32. The lowest BCUT2D eigenvalue weighted by Gasteiger charge is -2.18. The number of aliphatic hydroxyl groups excluding tert-OH is 1. The molecular weight excluding hydrogens is 236 g/mol. The van der Waals surface area contributed by atoms with Crippen molar-refractivity contribution in [3.63, 3.8) is 0 Å². The van der Waals surface area contributed by atoms with E-state index in [2.05, 4.69) is 10.2 Å². The van der Waals surface area contributed by atoms with Crippen molar-refractivity contribution in [3.8, 4) is 11.3 Å². The van der Waals surface area contributed by atoms with E-state index in [1.54, 1.807) is 0 Å². The molecular formula is C13H13ClN2O. The van der Waals surface area contributed by atoms with Crippen LogP contribution in [-0.4, -0.2) is 15.3 Å². The predicted molar refractivity (Wildman–Crippen MR) is 66.9 cm³/mol. The van der Waals surface area contributed by atoms with E-state index in [-0.39, 0.29) is 0 Å². The number of aromatic nitrogens is 2. The summed E-state index contributed by atoms with van der Waals surface area (Å²) in [5.41, 5.74) is 3.86. The van der Waals surface area contributed by atoms with Gasteiger partial charge in [0, 0.05) is 21.8 Å². The van der Waals surface area contributed by atoms with E-state index in [1.165, 1.54) is 0 Å². The maximum Gasteiger partial charge on any atom is 0.0981 e. The molecule has 0 aliphatic heterocycles. The first-order chi connectivity index (χ1) is 8.25. The van der Waals surface area contributed by atoms with E-state index in [9.17, 15) is 5.11 Å². The van der Waals surface area contributed by atoms with Gasteiger partial charge in [-0.15, -0.1) is 0 Å². The Morgan fingerprint density at radius 1 is 1.29 bits per heavy atom. The Bertz CT molecular complexity index is 533. The van der Waals surface area contributed by atoms with Gasteiger partial charge in [0.15, 0.2) is 0 Å². The highest BCUT2D eigenvalue weighted by molar-refractivity contribution is 6.30. The fourth-order valence-corrected chi connectivity index (χ4v) is 2.51. The molecule has 0 saturated heterocycles. The zero-order valence-corrected chi connectivity index (χ0v) is 10.0. The highest BCUT2D eigenvalue weighted by Crippen LogP contribution is 2.35. The number of nitrogens with zero attached hydrogens (tertiary/aromatic N) is 1. The molecule has 17 heavy (non-hydrogen) atoms. The summed E-state index contributed by atoms with van der Waals surface area (Å²) in [6.07, 6.45) is 2.39. The van der Waals surface area contributed by atoms with Gasteiger partial charge in [-0.25, -0.2) is 0 Å². The van der Waals surface area contributed by atoms with E-state index in [4.69, 9.17) is 11.6 Å². The van der Waals surface area contributed by atoms with Gasteiger partial charge in [0.25, 0.3) is 0 Å². The highest BCUT2D eigenvalue weighted by atomic mass is 35.5. The standard InChI is InChI=1S/C13H13ClN2O/c14-9-6-4-8(5-7-9)13-12-10(15-16-13)2-1-3-11(12)17/h4-7,11,17H,1-3H2,(H,15,16). The lowest BCUT2D eigenvalue weighted by Crippen LogP contribution is -2.08. The largest absolute Gasteiger partial charge is 0.388 e. The number of aromatic amines is 1. The molecule has 3 nitrogen and oxygen atoms in total. The Kier molecular flexibility index (Phi) is 2.65. The van der Waals surface area contributed by atoms with Gasteiger partial charge in [-0.05, 0) is 31.4 Å². The normalized spacial score (nSPS) is 19.1. The fourth-order valence-electron chi connectivity index (χ4n) is 2.38. The number of halogens is 1. The van der Waals surface area contributed by atoms with Crippen molar-refractivity contribution in [2.24, 2.45) is 0 Å². The molecule has 1 unspecified atom stereocenters. The number of H-pyrrole nitrogens is 1. The van der Waals surface area contributed by atoms with E-state index in [0.29, 0.717) is 5.02 Å². The molecule has 0 amide bonds. The van der Waals surface area contributed by atoms with Gasteiger partial charge in [0.05, 0.1) is 11.8 Å².